The number of carbonyl (C=O) groups excluding carboxylic acids is 1. The Bertz CT molecular complexity index is 815. The van der Waals surface area contributed by atoms with Crippen LogP contribution in [0.5, 0.6) is 0 Å². The third-order valence-corrected chi connectivity index (χ3v) is 4.58. The van der Waals surface area contributed by atoms with Crippen molar-refractivity contribution in [3.63, 3.8) is 0 Å². The van der Waals surface area contributed by atoms with Crippen molar-refractivity contribution in [1.29, 1.82) is 0 Å². The van der Waals surface area contributed by atoms with Gasteiger partial charge in [0.25, 0.3) is 0 Å². The molecular formula is C19H25N5O3. The molecule has 2 N–H and O–H groups in total. The molecule has 0 aliphatic carbocycles. The maximum atomic E-state index is 12.4. The first-order chi connectivity index (χ1) is 12.9. The van der Waals surface area contributed by atoms with Crippen LogP contribution in [-0.2, 0) is 10.3 Å². The van der Waals surface area contributed by atoms with Gasteiger partial charge in [-0.25, -0.2) is 9.42 Å². The van der Waals surface area contributed by atoms with Gasteiger partial charge in [-0.3, -0.25) is 0 Å². The minimum Gasteiger partial charge on any atom is -0.379 e. The fourth-order valence-electron chi connectivity index (χ4n) is 2.95. The smallest absolute Gasteiger partial charge is 0.365 e. The summed E-state index contributed by atoms with van der Waals surface area (Å²) in [7, 11) is 0. The Morgan fingerprint density at radius 2 is 1.81 bits per heavy atom. The molecule has 3 rings (SSSR count). The summed E-state index contributed by atoms with van der Waals surface area (Å²) in [5.41, 5.74) is 7.67. The minimum atomic E-state index is -0.542. The zero-order valence-electron chi connectivity index (χ0n) is 15.9. The molecule has 0 spiro atoms. The molecule has 0 amide bonds. The Kier molecular flexibility index (Phi) is 5.43. The number of benzene rings is 1. The van der Waals surface area contributed by atoms with E-state index in [1.807, 2.05) is 17.0 Å². The van der Waals surface area contributed by atoms with Crippen molar-refractivity contribution in [3.8, 4) is 0 Å². The normalized spacial score (nSPS) is 15.7. The molecule has 27 heavy (non-hydrogen) atoms. The van der Waals surface area contributed by atoms with Crippen molar-refractivity contribution in [2.75, 3.05) is 18.8 Å². The lowest BCUT2D eigenvalue weighted by atomic mass is 9.87. The first-order valence-electron chi connectivity index (χ1n) is 9.09. The minimum absolute atomic E-state index is 0.0134. The van der Waals surface area contributed by atoms with Gasteiger partial charge in [0.2, 0.25) is 5.84 Å². The van der Waals surface area contributed by atoms with E-state index in [4.69, 9.17) is 10.6 Å². The number of hydrogen-bond donors (Lipinski definition) is 1. The molecule has 8 nitrogen and oxygen atoms in total. The SMILES string of the molecule is CC(C)(C)c1ccc(C(=O)O/N=C(\c2nonc2N)N2CCCCC2)cc1. The van der Waals surface area contributed by atoms with Crippen LogP contribution < -0.4 is 5.73 Å². The van der Waals surface area contributed by atoms with Gasteiger partial charge >= 0.3 is 5.97 Å². The van der Waals surface area contributed by atoms with Crippen molar-refractivity contribution in [3.05, 3.63) is 41.1 Å². The molecule has 1 aromatic carbocycles. The highest BCUT2D eigenvalue weighted by Crippen LogP contribution is 2.22. The first-order valence-corrected chi connectivity index (χ1v) is 9.09. The van der Waals surface area contributed by atoms with Gasteiger partial charge in [-0.1, -0.05) is 38.1 Å². The van der Waals surface area contributed by atoms with Gasteiger partial charge in [-0.15, -0.1) is 0 Å². The molecule has 1 aliphatic rings. The maximum absolute atomic E-state index is 12.4. The first kappa shape index (κ1) is 18.9. The Morgan fingerprint density at radius 1 is 1.15 bits per heavy atom. The predicted molar refractivity (Wildman–Crippen MR) is 101 cm³/mol. The fourth-order valence-corrected chi connectivity index (χ4v) is 2.95. The second-order valence-corrected chi connectivity index (χ2v) is 7.67. The molecule has 1 aromatic heterocycles. The number of nitrogens with zero attached hydrogens (tertiary/aromatic N) is 4. The zero-order chi connectivity index (χ0) is 19.4. The van der Waals surface area contributed by atoms with E-state index in [1.165, 1.54) is 0 Å². The van der Waals surface area contributed by atoms with E-state index in [9.17, 15) is 4.79 Å². The maximum Gasteiger partial charge on any atom is 0.365 e. The van der Waals surface area contributed by atoms with Gasteiger partial charge in [-0.2, -0.15) is 0 Å². The topological polar surface area (TPSA) is 107 Å². The van der Waals surface area contributed by atoms with Crippen molar-refractivity contribution >= 4 is 17.6 Å². The van der Waals surface area contributed by atoms with E-state index in [0.717, 1.165) is 37.9 Å². The number of piperidine rings is 1. The van der Waals surface area contributed by atoms with Crippen LogP contribution in [0.15, 0.2) is 34.1 Å². The van der Waals surface area contributed by atoms with E-state index in [1.54, 1.807) is 12.1 Å². The summed E-state index contributed by atoms with van der Waals surface area (Å²) in [5, 5.41) is 11.4. The Hall–Kier alpha value is -2.90. The van der Waals surface area contributed by atoms with Crippen LogP contribution in [0.4, 0.5) is 5.82 Å². The number of likely N-dealkylation sites (tertiary alicyclic amines) is 1. The summed E-state index contributed by atoms with van der Waals surface area (Å²) < 4.78 is 4.68. The lowest BCUT2D eigenvalue weighted by Gasteiger charge is -2.28. The van der Waals surface area contributed by atoms with Crippen LogP contribution in [0.2, 0.25) is 0 Å². The molecular weight excluding hydrogens is 346 g/mol. The fraction of sp³-hybridized carbons (Fsp3) is 0.474. The number of rotatable bonds is 3. The van der Waals surface area contributed by atoms with E-state index in [0.29, 0.717) is 11.4 Å². The standard InChI is InChI=1S/C19H25N5O3/c1-19(2,3)14-9-7-13(8-10-14)18(25)26-23-17(15-16(20)22-27-21-15)24-11-5-4-6-12-24/h7-10H,4-6,11-12H2,1-3H3,(H2,20,22)/b23-17+. The molecule has 2 aromatic rings. The van der Waals surface area contributed by atoms with Crippen molar-refractivity contribution in [2.45, 2.75) is 45.4 Å². The lowest BCUT2D eigenvalue weighted by molar-refractivity contribution is 0.0509. The second-order valence-electron chi connectivity index (χ2n) is 7.67. The molecule has 144 valence electrons. The molecule has 0 radical (unpaired) electrons. The summed E-state index contributed by atoms with van der Waals surface area (Å²) >= 11 is 0. The molecule has 0 saturated carbocycles. The number of hydrogen-bond acceptors (Lipinski definition) is 7. The van der Waals surface area contributed by atoms with Crippen LogP contribution in [0, 0.1) is 0 Å². The number of nitrogens with two attached hydrogens (primary N) is 1. The van der Waals surface area contributed by atoms with E-state index in [2.05, 4.69) is 40.9 Å². The average Bonchev–Trinajstić information content (AvgIpc) is 3.08. The van der Waals surface area contributed by atoms with Crippen LogP contribution in [0.3, 0.4) is 0 Å². The predicted octanol–water partition coefficient (Wildman–Crippen LogP) is 2.95. The largest absolute Gasteiger partial charge is 0.379 e. The molecule has 2 heterocycles. The summed E-state index contributed by atoms with van der Waals surface area (Å²) in [6.07, 6.45) is 3.19. The molecule has 1 aliphatic heterocycles. The number of aromatic nitrogens is 2. The molecule has 8 heteroatoms. The van der Waals surface area contributed by atoms with Crippen LogP contribution in [0.25, 0.3) is 0 Å². The van der Waals surface area contributed by atoms with Gasteiger partial charge in [0.1, 0.15) is 0 Å². The molecule has 0 atom stereocenters. The summed E-state index contributed by atoms with van der Waals surface area (Å²) in [6.45, 7) is 7.91. The number of anilines is 1. The Balaban J connectivity index is 1.79. The van der Waals surface area contributed by atoms with Crippen LogP contribution in [0.1, 0.15) is 61.6 Å². The van der Waals surface area contributed by atoms with E-state index in [-0.39, 0.29) is 16.9 Å². The average molecular weight is 371 g/mol. The van der Waals surface area contributed by atoms with Crippen molar-refractivity contribution in [2.24, 2.45) is 5.16 Å². The molecule has 0 unspecified atom stereocenters. The number of carbonyl (C=O) groups is 1. The van der Waals surface area contributed by atoms with Gasteiger partial charge in [0, 0.05) is 13.1 Å². The Morgan fingerprint density at radius 3 is 2.37 bits per heavy atom. The quantitative estimate of drug-likeness (QED) is 0.382. The highest BCUT2D eigenvalue weighted by atomic mass is 16.7. The molecule has 1 saturated heterocycles. The van der Waals surface area contributed by atoms with Crippen LogP contribution >= 0.6 is 0 Å². The summed E-state index contributed by atoms with van der Waals surface area (Å²) in [4.78, 5) is 19.6. The monoisotopic (exact) mass is 371 g/mol. The van der Waals surface area contributed by atoms with Gasteiger partial charge in [0.15, 0.2) is 11.5 Å². The zero-order valence-corrected chi connectivity index (χ0v) is 15.9. The number of nitrogen functional groups attached to an aromatic ring is 1. The highest BCUT2D eigenvalue weighted by molar-refractivity contribution is 6.00. The lowest BCUT2D eigenvalue weighted by Crippen LogP contribution is -2.37. The summed E-state index contributed by atoms with van der Waals surface area (Å²) in [5.74, 6) is -0.0574. The molecule has 0 bridgehead atoms. The highest BCUT2D eigenvalue weighted by Gasteiger charge is 2.24. The van der Waals surface area contributed by atoms with Crippen LogP contribution in [-0.4, -0.2) is 40.1 Å². The number of oxime groups is 1. The second kappa shape index (κ2) is 7.77. The summed E-state index contributed by atoms with van der Waals surface area (Å²) in [6, 6.07) is 7.33. The van der Waals surface area contributed by atoms with Crippen molar-refractivity contribution in [1.82, 2.24) is 15.2 Å². The molecule has 1 fully saturated rings. The van der Waals surface area contributed by atoms with Gasteiger partial charge in [-0.05, 0) is 52.7 Å². The third kappa shape index (κ3) is 4.45. The Labute approximate surface area is 158 Å². The van der Waals surface area contributed by atoms with E-state index < -0.39 is 5.97 Å². The number of amidine groups is 1. The van der Waals surface area contributed by atoms with Crippen molar-refractivity contribution < 1.29 is 14.3 Å². The van der Waals surface area contributed by atoms with E-state index >= 15 is 0 Å². The van der Waals surface area contributed by atoms with Gasteiger partial charge < -0.3 is 15.5 Å². The van der Waals surface area contributed by atoms with Gasteiger partial charge in [0.05, 0.1) is 5.56 Å². The third-order valence-electron chi connectivity index (χ3n) is 4.58.